The fourth-order valence-electron chi connectivity index (χ4n) is 3.60. The summed E-state index contributed by atoms with van der Waals surface area (Å²) in [5.74, 6) is 3.32. The van der Waals surface area contributed by atoms with E-state index in [1.54, 1.807) is 19.1 Å². The van der Waals surface area contributed by atoms with Crippen LogP contribution in [0.15, 0.2) is 43.0 Å². The molecule has 3 rings (SSSR count). The number of halogens is 3. The van der Waals surface area contributed by atoms with E-state index in [4.69, 9.17) is 4.74 Å². The van der Waals surface area contributed by atoms with Crippen molar-refractivity contribution in [1.29, 1.82) is 0 Å². The predicted molar refractivity (Wildman–Crippen MR) is 105 cm³/mol. The van der Waals surface area contributed by atoms with Gasteiger partial charge < -0.3 is 4.74 Å². The highest BCUT2D eigenvalue weighted by Crippen LogP contribution is 2.34. The fraction of sp³-hybridized carbons (Fsp3) is 0.333. The maximum absolute atomic E-state index is 14.5. The van der Waals surface area contributed by atoms with Crippen molar-refractivity contribution in [3.8, 4) is 11.8 Å². The molecule has 0 aliphatic heterocycles. The Hall–Kier alpha value is -2.51. The molecule has 1 saturated carbocycles. The molecule has 2 aromatic rings. The molecule has 0 heterocycles. The van der Waals surface area contributed by atoms with Crippen molar-refractivity contribution in [2.45, 2.75) is 44.6 Å². The van der Waals surface area contributed by atoms with E-state index in [1.165, 1.54) is 18.2 Å². The summed E-state index contributed by atoms with van der Waals surface area (Å²) in [6.45, 7) is 5.81. The zero-order valence-corrected chi connectivity index (χ0v) is 15.9. The summed E-state index contributed by atoms with van der Waals surface area (Å²) < 4.78 is 47.9. The van der Waals surface area contributed by atoms with Gasteiger partial charge in [-0.3, -0.25) is 0 Å². The Morgan fingerprint density at radius 2 is 1.68 bits per heavy atom. The van der Waals surface area contributed by atoms with Gasteiger partial charge in [0.15, 0.2) is 0 Å². The van der Waals surface area contributed by atoms with Gasteiger partial charge in [0.25, 0.3) is 0 Å². The van der Waals surface area contributed by atoms with Crippen LogP contribution in [0.3, 0.4) is 0 Å². The Kier molecular flexibility index (Phi) is 6.59. The molecule has 0 amide bonds. The molecular weight excluding hydrogens is 361 g/mol. The first-order valence-electron chi connectivity index (χ1n) is 9.47. The molecule has 0 atom stereocenters. The lowest BCUT2D eigenvalue weighted by atomic mass is 9.82. The van der Waals surface area contributed by atoms with E-state index in [0.29, 0.717) is 12.2 Å². The number of ether oxygens (including phenoxy) is 1. The molecule has 1 aliphatic carbocycles. The molecule has 28 heavy (non-hydrogen) atoms. The molecule has 1 nitrogen and oxygen atoms in total. The maximum atomic E-state index is 14.5. The normalized spacial score (nSPS) is 19.0. The van der Waals surface area contributed by atoms with E-state index >= 15 is 0 Å². The molecule has 0 saturated heterocycles. The second kappa shape index (κ2) is 9.12. The van der Waals surface area contributed by atoms with Gasteiger partial charge in [0.2, 0.25) is 0 Å². The van der Waals surface area contributed by atoms with Crippen LogP contribution in [0.25, 0.3) is 0 Å². The van der Waals surface area contributed by atoms with Crippen LogP contribution in [0.2, 0.25) is 0 Å². The Labute approximate surface area is 164 Å². The number of benzene rings is 2. The number of hydrogen-bond acceptors (Lipinski definition) is 1. The van der Waals surface area contributed by atoms with Crippen molar-refractivity contribution in [3.63, 3.8) is 0 Å². The minimum Gasteiger partial charge on any atom is -0.374 e. The van der Waals surface area contributed by atoms with E-state index in [0.717, 1.165) is 31.2 Å². The largest absolute Gasteiger partial charge is 0.374 e. The molecule has 0 bridgehead atoms. The van der Waals surface area contributed by atoms with Gasteiger partial charge in [0, 0.05) is 0 Å². The maximum Gasteiger partial charge on any atom is 0.142 e. The van der Waals surface area contributed by atoms with Crippen LogP contribution in [0.4, 0.5) is 13.2 Å². The van der Waals surface area contributed by atoms with E-state index in [9.17, 15) is 13.2 Å². The summed E-state index contributed by atoms with van der Waals surface area (Å²) in [4.78, 5) is 0. The quantitative estimate of drug-likeness (QED) is 0.461. The zero-order valence-electron chi connectivity index (χ0n) is 15.9. The standard InChI is InChI=1S/C24H23F3O/c1-3-12-28-20-9-6-17(7-10-20)19-5-4-18(22(25)15-19)8-11-21-23(26)13-16(2)14-24(21)27/h3-5,13-15,17,20H,1,6-7,9-10,12H2,2H3. The fourth-order valence-corrected chi connectivity index (χ4v) is 3.60. The van der Waals surface area contributed by atoms with Gasteiger partial charge in [-0.1, -0.05) is 24.0 Å². The van der Waals surface area contributed by atoms with Gasteiger partial charge in [-0.15, -0.1) is 6.58 Å². The molecule has 0 aromatic heterocycles. The summed E-state index contributed by atoms with van der Waals surface area (Å²) >= 11 is 0. The minimum atomic E-state index is -0.738. The molecule has 1 aliphatic rings. The molecule has 146 valence electrons. The molecule has 0 unspecified atom stereocenters. The van der Waals surface area contributed by atoms with Gasteiger partial charge in [0.1, 0.15) is 17.5 Å². The Morgan fingerprint density at radius 1 is 1.00 bits per heavy atom. The van der Waals surface area contributed by atoms with Gasteiger partial charge >= 0.3 is 0 Å². The van der Waals surface area contributed by atoms with E-state index in [2.05, 4.69) is 18.4 Å². The third-order valence-corrected chi connectivity index (χ3v) is 5.10. The van der Waals surface area contributed by atoms with Gasteiger partial charge in [-0.05, 0) is 73.9 Å². The van der Waals surface area contributed by atoms with E-state index in [-0.39, 0.29) is 23.1 Å². The van der Waals surface area contributed by atoms with Crippen LogP contribution in [-0.4, -0.2) is 12.7 Å². The van der Waals surface area contributed by atoms with Crippen molar-refractivity contribution >= 4 is 0 Å². The average molecular weight is 384 g/mol. The lowest BCUT2D eigenvalue weighted by Gasteiger charge is -2.28. The van der Waals surface area contributed by atoms with Gasteiger partial charge in [-0.25, -0.2) is 13.2 Å². The van der Waals surface area contributed by atoms with Crippen molar-refractivity contribution in [3.05, 3.63) is 82.7 Å². The number of hydrogen-bond donors (Lipinski definition) is 0. The van der Waals surface area contributed by atoms with Gasteiger partial charge in [0.05, 0.1) is 23.8 Å². The minimum absolute atomic E-state index is 0.131. The third kappa shape index (κ3) is 4.85. The zero-order chi connectivity index (χ0) is 20.1. The lowest BCUT2D eigenvalue weighted by molar-refractivity contribution is 0.0423. The molecule has 1 fully saturated rings. The highest BCUT2D eigenvalue weighted by atomic mass is 19.1. The Bertz CT molecular complexity index is 892. The molecule has 0 radical (unpaired) electrons. The van der Waals surface area contributed by atoms with Crippen molar-refractivity contribution in [2.75, 3.05) is 6.61 Å². The van der Waals surface area contributed by atoms with Crippen LogP contribution >= 0.6 is 0 Å². The van der Waals surface area contributed by atoms with Crippen LogP contribution in [0.5, 0.6) is 0 Å². The predicted octanol–water partition coefficient (Wildman–Crippen LogP) is 6.04. The van der Waals surface area contributed by atoms with Crippen molar-refractivity contribution in [2.24, 2.45) is 0 Å². The van der Waals surface area contributed by atoms with Crippen LogP contribution < -0.4 is 0 Å². The van der Waals surface area contributed by atoms with Crippen LogP contribution in [-0.2, 0) is 4.74 Å². The smallest absolute Gasteiger partial charge is 0.142 e. The van der Waals surface area contributed by atoms with Crippen LogP contribution in [0, 0.1) is 36.2 Å². The number of aryl methyl sites for hydroxylation is 1. The Balaban J connectivity index is 1.72. The highest BCUT2D eigenvalue weighted by Gasteiger charge is 2.23. The molecule has 2 aromatic carbocycles. The SMILES string of the molecule is C=CCOC1CCC(c2ccc(C#Cc3c(F)cc(C)cc3F)c(F)c2)CC1. The second-order valence-electron chi connectivity index (χ2n) is 7.19. The summed E-state index contributed by atoms with van der Waals surface area (Å²) in [6.07, 6.45) is 5.73. The highest BCUT2D eigenvalue weighted by molar-refractivity contribution is 5.46. The lowest BCUT2D eigenvalue weighted by Crippen LogP contribution is -2.21. The monoisotopic (exact) mass is 384 g/mol. The summed E-state index contributed by atoms with van der Waals surface area (Å²) in [7, 11) is 0. The average Bonchev–Trinajstić information content (AvgIpc) is 2.67. The third-order valence-electron chi connectivity index (χ3n) is 5.10. The first kappa shape index (κ1) is 20.2. The Morgan fingerprint density at radius 3 is 2.29 bits per heavy atom. The topological polar surface area (TPSA) is 9.23 Å². The summed E-state index contributed by atoms with van der Waals surface area (Å²) in [5.41, 5.74) is 1.19. The first-order chi connectivity index (χ1) is 13.5. The summed E-state index contributed by atoms with van der Waals surface area (Å²) in [5, 5.41) is 0. The molecule has 0 spiro atoms. The van der Waals surface area contributed by atoms with Crippen molar-refractivity contribution < 1.29 is 17.9 Å². The molecule has 4 heteroatoms. The first-order valence-corrected chi connectivity index (χ1v) is 9.47. The van der Waals surface area contributed by atoms with Crippen molar-refractivity contribution in [1.82, 2.24) is 0 Å². The molecule has 0 N–H and O–H groups in total. The van der Waals surface area contributed by atoms with Gasteiger partial charge in [-0.2, -0.15) is 0 Å². The summed E-state index contributed by atoms with van der Waals surface area (Å²) in [6, 6.07) is 7.34. The molecular formula is C24H23F3O. The number of rotatable bonds is 4. The second-order valence-corrected chi connectivity index (χ2v) is 7.19. The van der Waals surface area contributed by atoms with E-state index in [1.807, 2.05) is 6.07 Å². The van der Waals surface area contributed by atoms with E-state index < -0.39 is 17.5 Å². The van der Waals surface area contributed by atoms with Crippen LogP contribution in [0.1, 0.15) is 53.9 Å².